The van der Waals surface area contributed by atoms with E-state index in [0.717, 1.165) is 17.0 Å². The van der Waals surface area contributed by atoms with Crippen LogP contribution in [0.5, 0.6) is 0 Å². The molecule has 26 heavy (non-hydrogen) atoms. The summed E-state index contributed by atoms with van der Waals surface area (Å²) in [6, 6.07) is 14.3. The van der Waals surface area contributed by atoms with Gasteiger partial charge in [-0.3, -0.25) is 4.79 Å². The topological polar surface area (TPSA) is 59.8 Å². The van der Waals surface area contributed by atoms with E-state index in [2.05, 4.69) is 15.5 Å². The first kappa shape index (κ1) is 18.1. The number of carbonyl (C=O) groups is 1. The lowest BCUT2D eigenvalue weighted by molar-refractivity contribution is -0.113. The van der Waals surface area contributed by atoms with Gasteiger partial charge in [-0.05, 0) is 30.2 Å². The minimum atomic E-state index is -0.377. The van der Waals surface area contributed by atoms with Crippen LogP contribution in [0.4, 0.5) is 10.1 Å². The van der Waals surface area contributed by atoms with Crippen LogP contribution in [-0.2, 0) is 18.3 Å². The van der Waals surface area contributed by atoms with Crippen molar-refractivity contribution in [2.75, 3.05) is 11.1 Å². The van der Waals surface area contributed by atoms with E-state index in [1.54, 1.807) is 6.07 Å². The third-order valence-corrected chi connectivity index (χ3v) is 4.96. The molecule has 0 saturated carbocycles. The Kier molecular flexibility index (Phi) is 5.68. The van der Waals surface area contributed by atoms with E-state index >= 15 is 0 Å². The van der Waals surface area contributed by atoms with Crippen molar-refractivity contribution in [3.05, 3.63) is 71.3 Å². The van der Waals surface area contributed by atoms with Crippen LogP contribution < -0.4 is 5.32 Å². The van der Waals surface area contributed by atoms with Crippen molar-refractivity contribution in [1.82, 2.24) is 14.8 Å². The molecule has 3 rings (SSSR count). The highest BCUT2D eigenvalue weighted by Gasteiger charge is 2.13. The van der Waals surface area contributed by atoms with Crippen molar-refractivity contribution in [1.29, 1.82) is 0 Å². The first-order valence-electron chi connectivity index (χ1n) is 8.14. The monoisotopic (exact) mass is 370 g/mol. The summed E-state index contributed by atoms with van der Waals surface area (Å²) in [5.41, 5.74) is 2.45. The van der Waals surface area contributed by atoms with Crippen LogP contribution >= 0.6 is 11.8 Å². The highest BCUT2D eigenvalue weighted by atomic mass is 32.2. The molecular weight excluding hydrogens is 351 g/mol. The molecule has 0 radical (unpaired) electrons. The van der Waals surface area contributed by atoms with E-state index in [1.165, 1.54) is 23.9 Å². The number of benzene rings is 2. The second-order valence-corrected chi connectivity index (χ2v) is 6.86. The van der Waals surface area contributed by atoms with Gasteiger partial charge in [0.25, 0.3) is 0 Å². The summed E-state index contributed by atoms with van der Waals surface area (Å²) in [7, 11) is 1.88. The molecule has 3 aromatic rings. The molecule has 0 unspecified atom stereocenters. The van der Waals surface area contributed by atoms with Gasteiger partial charge in [-0.2, -0.15) is 0 Å². The number of hydrogen-bond donors (Lipinski definition) is 1. The van der Waals surface area contributed by atoms with Gasteiger partial charge in [0.05, 0.1) is 5.75 Å². The van der Waals surface area contributed by atoms with Gasteiger partial charge in [0.2, 0.25) is 5.91 Å². The largest absolute Gasteiger partial charge is 0.325 e. The molecule has 0 aliphatic carbocycles. The Balaban J connectivity index is 1.59. The molecule has 1 heterocycles. The maximum Gasteiger partial charge on any atom is 0.234 e. The molecule has 0 aliphatic heterocycles. The number of amides is 1. The molecule has 1 aromatic heterocycles. The van der Waals surface area contributed by atoms with Gasteiger partial charge in [0, 0.05) is 19.2 Å². The lowest BCUT2D eigenvalue weighted by Gasteiger charge is -2.08. The molecule has 134 valence electrons. The van der Waals surface area contributed by atoms with Crippen molar-refractivity contribution in [3.8, 4) is 0 Å². The minimum Gasteiger partial charge on any atom is -0.325 e. The summed E-state index contributed by atoms with van der Waals surface area (Å²) < 4.78 is 15.2. The summed E-state index contributed by atoms with van der Waals surface area (Å²) >= 11 is 1.30. The van der Waals surface area contributed by atoms with Crippen LogP contribution in [0.15, 0.2) is 53.7 Å². The van der Waals surface area contributed by atoms with E-state index in [-0.39, 0.29) is 17.5 Å². The molecule has 2 aromatic carbocycles. The molecule has 5 nitrogen and oxygen atoms in total. The zero-order valence-electron chi connectivity index (χ0n) is 14.6. The fourth-order valence-corrected chi connectivity index (χ4v) is 3.18. The van der Waals surface area contributed by atoms with Crippen LogP contribution in [0.25, 0.3) is 0 Å². The van der Waals surface area contributed by atoms with Gasteiger partial charge in [0.15, 0.2) is 5.16 Å². The molecule has 0 bridgehead atoms. The highest BCUT2D eigenvalue weighted by Crippen LogP contribution is 2.19. The van der Waals surface area contributed by atoms with E-state index in [1.807, 2.05) is 48.9 Å². The summed E-state index contributed by atoms with van der Waals surface area (Å²) in [6.07, 6.45) is 0.680. The third kappa shape index (κ3) is 4.49. The number of nitrogens with one attached hydrogen (secondary N) is 1. The Bertz CT molecular complexity index is 911. The normalized spacial score (nSPS) is 10.7. The SMILES string of the molecule is Cc1ccc(F)cc1NC(=O)CSc1nnc(Cc2ccccc2)n1C. The molecule has 0 spiro atoms. The zero-order chi connectivity index (χ0) is 18.5. The molecule has 0 fully saturated rings. The number of thioether (sulfide) groups is 1. The van der Waals surface area contributed by atoms with Crippen molar-refractivity contribution in [2.24, 2.45) is 7.05 Å². The van der Waals surface area contributed by atoms with Crippen LogP contribution in [0, 0.1) is 12.7 Å². The predicted molar refractivity (Wildman–Crippen MR) is 101 cm³/mol. The second kappa shape index (κ2) is 8.14. The van der Waals surface area contributed by atoms with Crippen LogP contribution in [0.1, 0.15) is 17.0 Å². The molecular formula is C19H19FN4OS. The highest BCUT2D eigenvalue weighted by molar-refractivity contribution is 7.99. The Labute approximate surface area is 155 Å². The summed E-state index contributed by atoms with van der Waals surface area (Å²) in [6.45, 7) is 1.82. The van der Waals surface area contributed by atoms with Gasteiger partial charge >= 0.3 is 0 Å². The lowest BCUT2D eigenvalue weighted by Crippen LogP contribution is -2.15. The summed E-state index contributed by atoms with van der Waals surface area (Å²) in [5.74, 6) is 0.418. The van der Waals surface area contributed by atoms with Crippen molar-refractivity contribution >= 4 is 23.4 Å². The maximum atomic E-state index is 13.3. The van der Waals surface area contributed by atoms with E-state index in [0.29, 0.717) is 17.3 Å². The average molecular weight is 370 g/mol. The molecule has 0 atom stereocenters. The number of nitrogens with zero attached hydrogens (tertiary/aromatic N) is 3. The number of rotatable bonds is 6. The lowest BCUT2D eigenvalue weighted by atomic mass is 10.1. The average Bonchev–Trinajstić information content (AvgIpc) is 2.97. The summed E-state index contributed by atoms with van der Waals surface area (Å²) in [4.78, 5) is 12.1. The van der Waals surface area contributed by atoms with Crippen molar-refractivity contribution in [2.45, 2.75) is 18.5 Å². The van der Waals surface area contributed by atoms with Gasteiger partial charge in [-0.1, -0.05) is 48.2 Å². The predicted octanol–water partition coefficient (Wildman–Crippen LogP) is 3.58. The Hall–Kier alpha value is -2.67. The molecule has 0 saturated heterocycles. The van der Waals surface area contributed by atoms with Gasteiger partial charge in [0.1, 0.15) is 11.6 Å². The molecule has 1 N–H and O–H groups in total. The number of aryl methyl sites for hydroxylation is 1. The van der Waals surface area contributed by atoms with Gasteiger partial charge < -0.3 is 9.88 Å². The number of carbonyl (C=O) groups excluding carboxylic acids is 1. The fourth-order valence-electron chi connectivity index (χ4n) is 2.45. The number of aromatic nitrogens is 3. The minimum absolute atomic E-state index is 0.174. The number of halogens is 1. The molecule has 7 heteroatoms. The molecule has 0 aliphatic rings. The van der Waals surface area contributed by atoms with E-state index < -0.39 is 0 Å². The van der Waals surface area contributed by atoms with Crippen LogP contribution in [-0.4, -0.2) is 26.4 Å². The maximum absolute atomic E-state index is 13.3. The molecule has 1 amide bonds. The summed E-state index contributed by atoms with van der Waals surface area (Å²) in [5, 5.41) is 11.8. The Morgan fingerprint density at radius 2 is 1.96 bits per heavy atom. The van der Waals surface area contributed by atoms with Crippen LogP contribution in [0.3, 0.4) is 0 Å². The Morgan fingerprint density at radius 1 is 1.19 bits per heavy atom. The first-order valence-corrected chi connectivity index (χ1v) is 9.12. The van der Waals surface area contributed by atoms with Crippen molar-refractivity contribution in [3.63, 3.8) is 0 Å². The van der Waals surface area contributed by atoms with E-state index in [9.17, 15) is 9.18 Å². The first-order chi connectivity index (χ1) is 12.5. The van der Waals surface area contributed by atoms with Gasteiger partial charge in [-0.25, -0.2) is 4.39 Å². The van der Waals surface area contributed by atoms with E-state index in [4.69, 9.17) is 0 Å². The van der Waals surface area contributed by atoms with Crippen LogP contribution in [0.2, 0.25) is 0 Å². The van der Waals surface area contributed by atoms with Crippen molar-refractivity contribution < 1.29 is 9.18 Å². The quantitative estimate of drug-likeness (QED) is 0.674. The smallest absolute Gasteiger partial charge is 0.234 e. The van der Waals surface area contributed by atoms with Gasteiger partial charge in [-0.15, -0.1) is 10.2 Å². The number of anilines is 1. The standard InChI is InChI=1S/C19H19FN4OS/c1-13-8-9-15(20)11-16(13)21-18(25)12-26-19-23-22-17(24(19)2)10-14-6-4-3-5-7-14/h3-9,11H,10,12H2,1-2H3,(H,21,25). The number of hydrogen-bond acceptors (Lipinski definition) is 4. The Morgan fingerprint density at radius 3 is 2.73 bits per heavy atom. The zero-order valence-corrected chi connectivity index (χ0v) is 15.4. The third-order valence-electron chi connectivity index (χ3n) is 3.94. The fraction of sp³-hybridized carbons (Fsp3) is 0.211. The second-order valence-electron chi connectivity index (χ2n) is 5.92.